The number of hydrogen-bond acceptors (Lipinski definition) is 10. The van der Waals surface area contributed by atoms with Gasteiger partial charge in [-0.2, -0.15) is 5.10 Å². The molecule has 2 saturated heterocycles. The molecule has 12 nitrogen and oxygen atoms in total. The topological polar surface area (TPSA) is 129 Å². The van der Waals surface area contributed by atoms with Gasteiger partial charge in [0, 0.05) is 43.9 Å². The van der Waals surface area contributed by atoms with Crippen LogP contribution in [0.15, 0.2) is 30.5 Å². The van der Waals surface area contributed by atoms with Crippen molar-refractivity contribution in [3.05, 3.63) is 40.6 Å². The van der Waals surface area contributed by atoms with Crippen LogP contribution >= 0.6 is 0 Å². The Kier molecular flexibility index (Phi) is 6.78. The largest absolute Gasteiger partial charge is 0.378 e. The third-order valence-corrected chi connectivity index (χ3v) is 6.67. The van der Waals surface area contributed by atoms with E-state index in [4.69, 9.17) is 24.6 Å². The number of carbonyl (C=O) groups excluding carboxylic acids is 1. The van der Waals surface area contributed by atoms with Gasteiger partial charge in [-0.05, 0) is 45.7 Å². The van der Waals surface area contributed by atoms with E-state index >= 15 is 0 Å². The van der Waals surface area contributed by atoms with Crippen molar-refractivity contribution in [3.8, 4) is 11.4 Å². The molecule has 0 N–H and O–H groups in total. The van der Waals surface area contributed by atoms with Crippen molar-refractivity contribution in [2.75, 3.05) is 44.3 Å². The number of ether oxygens (including phenoxy) is 1. The third-order valence-electron chi connectivity index (χ3n) is 6.67. The van der Waals surface area contributed by atoms with Crippen LogP contribution in [0.3, 0.4) is 0 Å². The predicted octanol–water partition coefficient (Wildman–Crippen LogP) is 3.38. The lowest BCUT2D eigenvalue weighted by molar-refractivity contribution is -0.384. The molecular weight excluding hydrogens is 478 g/mol. The van der Waals surface area contributed by atoms with Gasteiger partial charge in [0.15, 0.2) is 11.5 Å². The number of benzene rings is 1. The fourth-order valence-corrected chi connectivity index (χ4v) is 4.49. The van der Waals surface area contributed by atoms with E-state index in [1.54, 1.807) is 17.2 Å². The normalized spacial score (nSPS) is 17.8. The highest BCUT2D eigenvalue weighted by Crippen LogP contribution is 2.32. The first-order valence-electron chi connectivity index (χ1n) is 12.5. The number of non-ortho nitro benzene ring substituents is 1. The lowest BCUT2D eigenvalue weighted by atomic mass is 9.98. The van der Waals surface area contributed by atoms with Crippen molar-refractivity contribution >= 4 is 28.5 Å². The molecule has 37 heavy (non-hydrogen) atoms. The number of aromatic nitrogens is 4. The van der Waals surface area contributed by atoms with Gasteiger partial charge < -0.3 is 14.5 Å². The maximum atomic E-state index is 12.3. The van der Waals surface area contributed by atoms with Crippen molar-refractivity contribution in [3.63, 3.8) is 0 Å². The summed E-state index contributed by atoms with van der Waals surface area (Å²) < 4.78 is 7.48. The highest BCUT2D eigenvalue weighted by atomic mass is 16.7. The summed E-state index contributed by atoms with van der Waals surface area (Å²) in [5, 5.41) is 18.4. The molecule has 1 aromatic carbocycles. The van der Waals surface area contributed by atoms with E-state index in [1.807, 2.05) is 31.6 Å². The van der Waals surface area contributed by atoms with Gasteiger partial charge in [0.1, 0.15) is 5.82 Å². The van der Waals surface area contributed by atoms with Crippen molar-refractivity contribution in [1.82, 2.24) is 24.8 Å². The number of carbonyl (C=O) groups is 1. The molecule has 4 heterocycles. The second-order valence-electron chi connectivity index (χ2n) is 10.4. The fraction of sp³-hybridized carbons (Fsp3) is 0.520. The fourth-order valence-electron chi connectivity index (χ4n) is 4.49. The predicted molar refractivity (Wildman–Crippen MR) is 136 cm³/mol. The zero-order valence-electron chi connectivity index (χ0n) is 21.3. The monoisotopic (exact) mass is 509 g/mol. The molecule has 5 rings (SSSR count). The van der Waals surface area contributed by atoms with Gasteiger partial charge in [-0.15, -0.1) is 5.06 Å². The number of piperidine rings is 1. The molecule has 0 radical (unpaired) electrons. The zero-order chi connectivity index (χ0) is 26.2. The van der Waals surface area contributed by atoms with Gasteiger partial charge >= 0.3 is 5.97 Å². The number of fused-ring (bicyclic) bond motifs is 1. The summed E-state index contributed by atoms with van der Waals surface area (Å²) in [6.07, 6.45) is 3.31. The molecular formula is C25H31N7O5. The van der Waals surface area contributed by atoms with Crippen molar-refractivity contribution in [2.45, 2.75) is 39.7 Å². The standard InChI is InChI=1S/C25H31N7O5/c1-25(2,3)24(33)37-30-10-8-18(9-11-30)31-23-20(16-26-31)22(29-12-14-36-15-13-29)27-21(28-23)17-4-6-19(7-5-17)32(34)35/h4-7,16,18H,8-15H2,1-3H3. The Morgan fingerprint density at radius 3 is 2.38 bits per heavy atom. The van der Waals surface area contributed by atoms with Crippen LogP contribution in [0.4, 0.5) is 11.5 Å². The van der Waals surface area contributed by atoms with Crippen LogP contribution in [0.2, 0.25) is 0 Å². The van der Waals surface area contributed by atoms with Crippen LogP contribution in [0.5, 0.6) is 0 Å². The van der Waals surface area contributed by atoms with Crippen LogP contribution in [0.25, 0.3) is 22.4 Å². The lowest BCUT2D eigenvalue weighted by Gasteiger charge is -2.32. The number of hydrogen-bond donors (Lipinski definition) is 0. The average Bonchev–Trinajstić information content (AvgIpc) is 3.32. The van der Waals surface area contributed by atoms with E-state index in [0.717, 1.165) is 29.7 Å². The molecule has 0 atom stereocenters. The minimum absolute atomic E-state index is 0.0159. The van der Waals surface area contributed by atoms with E-state index in [1.165, 1.54) is 12.1 Å². The average molecular weight is 510 g/mol. The van der Waals surface area contributed by atoms with Crippen LogP contribution in [-0.2, 0) is 14.4 Å². The van der Waals surface area contributed by atoms with Gasteiger partial charge in [0.2, 0.25) is 0 Å². The maximum absolute atomic E-state index is 12.3. The zero-order valence-corrected chi connectivity index (χ0v) is 21.3. The van der Waals surface area contributed by atoms with Gasteiger partial charge in [-0.3, -0.25) is 10.1 Å². The summed E-state index contributed by atoms with van der Waals surface area (Å²) in [6, 6.07) is 6.35. The quantitative estimate of drug-likeness (QED) is 0.373. The van der Waals surface area contributed by atoms with E-state index in [2.05, 4.69) is 4.90 Å². The summed E-state index contributed by atoms with van der Waals surface area (Å²) >= 11 is 0. The molecule has 0 saturated carbocycles. The van der Waals surface area contributed by atoms with E-state index in [9.17, 15) is 14.9 Å². The molecule has 3 aromatic rings. The summed E-state index contributed by atoms with van der Waals surface area (Å²) in [4.78, 5) is 40.5. The summed E-state index contributed by atoms with van der Waals surface area (Å²) in [6.45, 7) is 9.35. The van der Waals surface area contributed by atoms with Crippen molar-refractivity contribution in [1.29, 1.82) is 0 Å². The Bertz CT molecular complexity index is 1290. The number of anilines is 1. The molecule has 2 aliphatic heterocycles. The first-order chi connectivity index (χ1) is 17.7. The van der Waals surface area contributed by atoms with Crippen LogP contribution in [0, 0.1) is 15.5 Å². The molecule has 2 aliphatic rings. The molecule has 2 fully saturated rings. The summed E-state index contributed by atoms with van der Waals surface area (Å²) in [5.74, 6) is 1.03. The number of morpholine rings is 1. The highest BCUT2D eigenvalue weighted by molar-refractivity contribution is 5.89. The number of nitro groups is 1. The van der Waals surface area contributed by atoms with Crippen LogP contribution in [0.1, 0.15) is 39.7 Å². The van der Waals surface area contributed by atoms with Gasteiger partial charge in [-0.1, -0.05) is 0 Å². The van der Waals surface area contributed by atoms with Gasteiger partial charge in [-0.25, -0.2) is 19.4 Å². The number of rotatable bonds is 5. The maximum Gasteiger partial charge on any atom is 0.330 e. The molecule has 12 heteroatoms. The Morgan fingerprint density at radius 1 is 1.08 bits per heavy atom. The number of hydroxylamine groups is 2. The Balaban J connectivity index is 1.46. The second kappa shape index (κ2) is 10.0. The molecule has 0 bridgehead atoms. The lowest BCUT2D eigenvalue weighted by Crippen LogP contribution is -2.39. The smallest absolute Gasteiger partial charge is 0.330 e. The molecule has 0 unspecified atom stereocenters. The Morgan fingerprint density at radius 2 is 1.76 bits per heavy atom. The molecule has 0 amide bonds. The number of nitro benzene ring substituents is 1. The van der Waals surface area contributed by atoms with Crippen molar-refractivity contribution in [2.24, 2.45) is 5.41 Å². The summed E-state index contributed by atoms with van der Waals surface area (Å²) in [5.41, 5.74) is 0.867. The van der Waals surface area contributed by atoms with E-state index < -0.39 is 10.3 Å². The SMILES string of the molecule is CC(C)(C)C(=O)ON1CCC(n2ncc3c(N4CCOCC4)nc(-c4ccc([N+](=O)[O-])cc4)nc32)CC1. The highest BCUT2D eigenvalue weighted by Gasteiger charge is 2.30. The second-order valence-corrected chi connectivity index (χ2v) is 10.4. The minimum atomic E-state index is -0.559. The Labute approximate surface area is 214 Å². The minimum Gasteiger partial charge on any atom is -0.378 e. The van der Waals surface area contributed by atoms with Crippen LogP contribution in [-0.4, -0.2) is 75.1 Å². The summed E-state index contributed by atoms with van der Waals surface area (Å²) in [7, 11) is 0. The molecule has 196 valence electrons. The van der Waals surface area contributed by atoms with E-state index in [-0.39, 0.29) is 17.7 Å². The van der Waals surface area contributed by atoms with Crippen LogP contribution < -0.4 is 4.90 Å². The number of nitrogens with zero attached hydrogens (tertiary/aromatic N) is 7. The molecule has 0 aliphatic carbocycles. The van der Waals surface area contributed by atoms with Gasteiger partial charge in [0.25, 0.3) is 5.69 Å². The van der Waals surface area contributed by atoms with Crippen molar-refractivity contribution < 1.29 is 19.3 Å². The van der Waals surface area contributed by atoms with Gasteiger partial charge in [0.05, 0.1) is 41.2 Å². The first-order valence-corrected chi connectivity index (χ1v) is 12.5. The Hall–Kier alpha value is -3.64. The third kappa shape index (κ3) is 5.25. The first kappa shape index (κ1) is 25.0. The molecule has 2 aromatic heterocycles. The van der Waals surface area contributed by atoms with E-state index in [0.29, 0.717) is 50.8 Å². The molecule has 0 spiro atoms.